The van der Waals surface area contributed by atoms with E-state index in [-0.39, 0.29) is 17.9 Å². The highest BCUT2D eigenvalue weighted by atomic mass is 16.5. The van der Waals surface area contributed by atoms with E-state index in [1.54, 1.807) is 14.2 Å². The van der Waals surface area contributed by atoms with Crippen LogP contribution in [0.1, 0.15) is 37.3 Å². The van der Waals surface area contributed by atoms with Gasteiger partial charge < -0.3 is 10.1 Å². The Kier molecular flexibility index (Phi) is 5.88. The summed E-state index contributed by atoms with van der Waals surface area (Å²) in [4.78, 5) is 26.4. The monoisotopic (exact) mass is 358 g/mol. The molecule has 1 unspecified atom stereocenters. The van der Waals surface area contributed by atoms with Gasteiger partial charge in [-0.2, -0.15) is 5.10 Å². The van der Waals surface area contributed by atoms with E-state index in [0.717, 1.165) is 24.4 Å². The van der Waals surface area contributed by atoms with Gasteiger partial charge in [0.05, 0.1) is 13.2 Å². The molecule has 2 aliphatic heterocycles. The van der Waals surface area contributed by atoms with Crippen LogP contribution in [-0.4, -0.2) is 61.2 Å². The number of rotatable bonds is 6. The molecule has 2 heterocycles. The molecule has 140 valence electrons. The Bertz CT molecular complexity index is 698. The van der Waals surface area contributed by atoms with Crippen molar-refractivity contribution in [2.24, 2.45) is 5.10 Å². The second kappa shape index (κ2) is 8.31. The number of carbonyl (C=O) groups is 2. The van der Waals surface area contributed by atoms with Crippen molar-refractivity contribution in [1.29, 1.82) is 0 Å². The van der Waals surface area contributed by atoms with Crippen molar-refractivity contribution in [3.8, 4) is 5.75 Å². The molecule has 7 heteroatoms. The number of ether oxygens (including phenoxy) is 1. The molecule has 26 heavy (non-hydrogen) atoms. The predicted molar refractivity (Wildman–Crippen MR) is 99.0 cm³/mol. The lowest BCUT2D eigenvalue weighted by Gasteiger charge is -2.29. The fraction of sp³-hybridized carbons (Fsp3) is 0.526. The summed E-state index contributed by atoms with van der Waals surface area (Å²) in [6.45, 7) is 2.50. The molecule has 0 bridgehead atoms. The molecule has 0 aromatic heterocycles. The van der Waals surface area contributed by atoms with Crippen molar-refractivity contribution < 1.29 is 14.3 Å². The quantitative estimate of drug-likeness (QED) is 0.837. The number of hydrogen-bond acceptors (Lipinski definition) is 5. The summed E-state index contributed by atoms with van der Waals surface area (Å²) in [5.74, 6) is 0.563. The first-order valence-electron chi connectivity index (χ1n) is 9.09. The molecule has 0 aliphatic carbocycles. The average molecular weight is 358 g/mol. The lowest BCUT2D eigenvalue weighted by molar-refractivity contribution is -0.130. The normalized spacial score (nSPS) is 19.2. The SMILES string of the molecule is COc1ccccc1C(CNC(=O)C1=NN(C)C(=O)CC1)N1CCCC1. The lowest BCUT2D eigenvalue weighted by atomic mass is 10.0. The Morgan fingerprint density at radius 3 is 2.69 bits per heavy atom. The Balaban J connectivity index is 1.73. The molecule has 3 rings (SSSR count). The van der Waals surface area contributed by atoms with Gasteiger partial charge >= 0.3 is 0 Å². The fourth-order valence-electron chi connectivity index (χ4n) is 3.56. The van der Waals surface area contributed by atoms with Gasteiger partial charge in [0.25, 0.3) is 5.91 Å². The third-order valence-corrected chi connectivity index (χ3v) is 5.00. The van der Waals surface area contributed by atoms with Crippen LogP contribution in [0.2, 0.25) is 0 Å². The van der Waals surface area contributed by atoms with Gasteiger partial charge in [-0.05, 0) is 32.0 Å². The minimum absolute atomic E-state index is 0.0566. The molecule has 1 fully saturated rings. The zero-order valence-electron chi connectivity index (χ0n) is 15.4. The van der Waals surface area contributed by atoms with Crippen molar-refractivity contribution in [1.82, 2.24) is 15.2 Å². The van der Waals surface area contributed by atoms with Gasteiger partial charge in [0.2, 0.25) is 5.91 Å². The molecule has 0 radical (unpaired) electrons. The van der Waals surface area contributed by atoms with E-state index in [1.165, 1.54) is 17.9 Å². The zero-order valence-corrected chi connectivity index (χ0v) is 15.4. The molecule has 2 amide bonds. The van der Waals surface area contributed by atoms with Crippen LogP contribution in [0.25, 0.3) is 0 Å². The summed E-state index contributed by atoms with van der Waals surface area (Å²) in [6, 6.07) is 8.01. The summed E-state index contributed by atoms with van der Waals surface area (Å²) in [5, 5.41) is 8.35. The van der Waals surface area contributed by atoms with Crippen LogP contribution in [0.3, 0.4) is 0 Å². The van der Waals surface area contributed by atoms with Crippen molar-refractivity contribution in [2.45, 2.75) is 31.7 Å². The average Bonchev–Trinajstić information content (AvgIpc) is 3.19. The van der Waals surface area contributed by atoms with Crippen LogP contribution < -0.4 is 10.1 Å². The molecule has 1 atom stereocenters. The smallest absolute Gasteiger partial charge is 0.267 e. The lowest BCUT2D eigenvalue weighted by Crippen LogP contribution is -2.42. The van der Waals surface area contributed by atoms with Crippen molar-refractivity contribution in [2.75, 3.05) is 33.8 Å². The molecule has 0 saturated carbocycles. The molecule has 1 aromatic carbocycles. The van der Waals surface area contributed by atoms with Crippen LogP contribution in [0.5, 0.6) is 5.75 Å². The van der Waals surface area contributed by atoms with E-state index in [9.17, 15) is 9.59 Å². The maximum Gasteiger partial charge on any atom is 0.267 e. The number of benzene rings is 1. The summed E-state index contributed by atoms with van der Waals surface area (Å²) in [7, 11) is 3.25. The number of para-hydroxylation sites is 1. The minimum atomic E-state index is -0.205. The molecule has 1 saturated heterocycles. The second-order valence-electron chi connectivity index (χ2n) is 6.67. The van der Waals surface area contributed by atoms with Gasteiger partial charge in [-0.15, -0.1) is 0 Å². The number of hydrogen-bond donors (Lipinski definition) is 1. The van der Waals surface area contributed by atoms with Crippen LogP contribution in [-0.2, 0) is 9.59 Å². The Morgan fingerprint density at radius 1 is 1.27 bits per heavy atom. The van der Waals surface area contributed by atoms with E-state index >= 15 is 0 Å². The second-order valence-corrected chi connectivity index (χ2v) is 6.67. The maximum absolute atomic E-state index is 12.5. The van der Waals surface area contributed by atoms with Gasteiger partial charge in [0.1, 0.15) is 11.5 Å². The van der Waals surface area contributed by atoms with E-state index in [4.69, 9.17) is 4.74 Å². The van der Waals surface area contributed by atoms with Gasteiger partial charge in [-0.25, -0.2) is 5.01 Å². The molecule has 2 aliphatic rings. The summed E-state index contributed by atoms with van der Waals surface area (Å²) < 4.78 is 5.53. The molecule has 7 nitrogen and oxygen atoms in total. The highest BCUT2D eigenvalue weighted by molar-refractivity contribution is 6.39. The molecule has 1 aromatic rings. The number of nitrogens with one attached hydrogen (secondary N) is 1. The fourth-order valence-corrected chi connectivity index (χ4v) is 3.56. The van der Waals surface area contributed by atoms with Crippen LogP contribution >= 0.6 is 0 Å². The zero-order chi connectivity index (χ0) is 18.5. The van der Waals surface area contributed by atoms with E-state index in [1.807, 2.05) is 18.2 Å². The standard InChI is InChI=1S/C19H26N4O3/c1-22-18(24)10-9-15(21-22)19(25)20-13-16(23-11-5-6-12-23)14-7-3-4-8-17(14)26-2/h3-4,7-8,16H,5-6,9-13H2,1-2H3,(H,20,25). The third-order valence-electron chi connectivity index (χ3n) is 5.00. The number of methoxy groups -OCH3 is 1. The van der Waals surface area contributed by atoms with E-state index in [0.29, 0.717) is 25.1 Å². The van der Waals surface area contributed by atoms with Crippen molar-refractivity contribution >= 4 is 17.5 Å². The summed E-state index contributed by atoms with van der Waals surface area (Å²) >= 11 is 0. The molecule has 1 N–H and O–H groups in total. The molecular formula is C19H26N4O3. The first-order valence-corrected chi connectivity index (χ1v) is 9.09. The van der Waals surface area contributed by atoms with Crippen LogP contribution in [0.15, 0.2) is 29.4 Å². The van der Waals surface area contributed by atoms with Crippen molar-refractivity contribution in [3.05, 3.63) is 29.8 Å². The van der Waals surface area contributed by atoms with Gasteiger partial charge in [0.15, 0.2) is 0 Å². The summed E-state index contributed by atoms with van der Waals surface area (Å²) in [5.41, 5.74) is 1.49. The minimum Gasteiger partial charge on any atom is -0.496 e. The highest BCUT2D eigenvalue weighted by Gasteiger charge is 2.28. The number of amides is 2. The number of hydrazone groups is 1. The van der Waals surface area contributed by atoms with Gasteiger partial charge in [-0.3, -0.25) is 14.5 Å². The Labute approximate surface area is 154 Å². The topological polar surface area (TPSA) is 74.2 Å². The number of carbonyl (C=O) groups excluding carboxylic acids is 2. The predicted octanol–water partition coefficient (Wildman–Crippen LogP) is 1.56. The molecular weight excluding hydrogens is 332 g/mol. The van der Waals surface area contributed by atoms with Gasteiger partial charge in [0, 0.05) is 32.0 Å². The van der Waals surface area contributed by atoms with Gasteiger partial charge in [-0.1, -0.05) is 18.2 Å². The molecule has 0 spiro atoms. The Hall–Kier alpha value is -2.41. The van der Waals surface area contributed by atoms with Crippen LogP contribution in [0, 0.1) is 0 Å². The number of nitrogens with zero attached hydrogens (tertiary/aromatic N) is 3. The van der Waals surface area contributed by atoms with Crippen molar-refractivity contribution in [3.63, 3.8) is 0 Å². The first-order chi connectivity index (χ1) is 12.6. The summed E-state index contributed by atoms with van der Waals surface area (Å²) in [6.07, 6.45) is 3.04. The largest absolute Gasteiger partial charge is 0.496 e. The van der Waals surface area contributed by atoms with Crippen LogP contribution in [0.4, 0.5) is 0 Å². The highest BCUT2D eigenvalue weighted by Crippen LogP contribution is 2.31. The number of likely N-dealkylation sites (tertiary alicyclic amines) is 1. The Morgan fingerprint density at radius 2 is 2.00 bits per heavy atom. The van der Waals surface area contributed by atoms with E-state index < -0.39 is 0 Å². The maximum atomic E-state index is 12.5. The third kappa shape index (κ3) is 4.04. The first kappa shape index (κ1) is 18.4. The van der Waals surface area contributed by atoms with E-state index in [2.05, 4.69) is 21.4 Å².